The molecule has 19 heavy (non-hydrogen) atoms. The lowest BCUT2D eigenvalue weighted by molar-refractivity contribution is -0.384. The Kier molecular flexibility index (Phi) is 4.93. The first kappa shape index (κ1) is 14.6. The van der Waals surface area contributed by atoms with Crippen LogP contribution in [0.5, 0.6) is 0 Å². The van der Waals surface area contributed by atoms with Crippen LogP contribution in [0, 0.1) is 10.1 Å². The van der Waals surface area contributed by atoms with Gasteiger partial charge >= 0.3 is 5.97 Å². The van der Waals surface area contributed by atoms with E-state index in [4.69, 9.17) is 0 Å². The molecule has 0 spiro atoms. The monoisotopic (exact) mass is 263 g/mol. The number of nitro groups is 1. The standard InChI is InChI=1S/C13H13NO5/c1-3-12(15)11(13(16)19-2)8-9-5-4-6-10(7-9)14(17)18/h4-8H,3H2,1-2H3/b11-8+. The molecule has 0 bridgehead atoms. The van der Waals surface area contributed by atoms with Crippen molar-refractivity contribution in [2.75, 3.05) is 7.11 Å². The number of non-ortho nitro benzene ring substituents is 1. The fraction of sp³-hybridized carbons (Fsp3) is 0.231. The number of carbonyl (C=O) groups excluding carboxylic acids is 2. The Balaban J connectivity index is 3.22. The first-order chi connectivity index (χ1) is 8.99. The highest BCUT2D eigenvalue weighted by Gasteiger charge is 2.17. The van der Waals surface area contributed by atoms with E-state index in [-0.39, 0.29) is 23.5 Å². The van der Waals surface area contributed by atoms with Crippen molar-refractivity contribution in [2.24, 2.45) is 0 Å². The van der Waals surface area contributed by atoms with Crippen molar-refractivity contribution in [1.82, 2.24) is 0 Å². The van der Waals surface area contributed by atoms with Crippen molar-refractivity contribution in [1.29, 1.82) is 0 Å². The number of nitrogens with zero attached hydrogens (tertiary/aromatic N) is 1. The summed E-state index contributed by atoms with van der Waals surface area (Å²) in [4.78, 5) is 33.2. The minimum absolute atomic E-state index is 0.109. The molecule has 1 rings (SSSR count). The Labute approximate surface area is 109 Å². The summed E-state index contributed by atoms with van der Waals surface area (Å²) in [6, 6.07) is 5.66. The van der Waals surface area contributed by atoms with Gasteiger partial charge < -0.3 is 4.74 Å². The Morgan fingerprint density at radius 3 is 2.63 bits per heavy atom. The van der Waals surface area contributed by atoms with Crippen molar-refractivity contribution < 1.29 is 19.2 Å². The van der Waals surface area contributed by atoms with E-state index in [9.17, 15) is 19.7 Å². The normalized spacial score (nSPS) is 10.9. The predicted octanol–water partition coefficient (Wildman–Crippen LogP) is 2.13. The van der Waals surface area contributed by atoms with Gasteiger partial charge in [-0.3, -0.25) is 14.9 Å². The molecule has 0 aliphatic heterocycles. The average molecular weight is 263 g/mol. The number of methoxy groups -OCH3 is 1. The topological polar surface area (TPSA) is 86.5 Å². The molecular weight excluding hydrogens is 250 g/mol. The van der Waals surface area contributed by atoms with Gasteiger partial charge in [-0.2, -0.15) is 0 Å². The maximum Gasteiger partial charge on any atom is 0.341 e. The molecule has 0 saturated heterocycles. The number of Topliss-reactive ketones (excluding diaryl/α,β-unsaturated/α-hetero) is 1. The molecule has 1 aromatic rings. The molecular formula is C13H13NO5. The van der Waals surface area contributed by atoms with Gasteiger partial charge in [-0.25, -0.2) is 4.79 Å². The van der Waals surface area contributed by atoms with Crippen LogP contribution in [0.1, 0.15) is 18.9 Å². The van der Waals surface area contributed by atoms with Crippen LogP contribution in [-0.4, -0.2) is 23.8 Å². The number of benzene rings is 1. The average Bonchev–Trinajstić information content (AvgIpc) is 2.43. The highest BCUT2D eigenvalue weighted by molar-refractivity contribution is 6.20. The second-order valence-electron chi connectivity index (χ2n) is 3.68. The van der Waals surface area contributed by atoms with Gasteiger partial charge in [0, 0.05) is 18.6 Å². The third-order valence-electron chi connectivity index (χ3n) is 2.42. The Hall–Kier alpha value is -2.50. The molecule has 6 nitrogen and oxygen atoms in total. The fourth-order valence-corrected chi connectivity index (χ4v) is 1.45. The number of hydrogen-bond acceptors (Lipinski definition) is 5. The first-order valence-corrected chi connectivity index (χ1v) is 5.57. The molecule has 0 atom stereocenters. The minimum Gasteiger partial charge on any atom is -0.465 e. The molecule has 1 aromatic carbocycles. The zero-order valence-electron chi connectivity index (χ0n) is 10.6. The summed E-state index contributed by atoms with van der Waals surface area (Å²) in [5, 5.41) is 10.6. The van der Waals surface area contributed by atoms with Crippen LogP contribution in [0.3, 0.4) is 0 Å². The quantitative estimate of drug-likeness (QED) is 0.203. The van der Waals surface area contributed by atoms with Crippen LogP contribution >= 0.6 is 0 Å². The number of hydrogen-bond donors (Lipinski definition) is 0. The number of carbonyl (C=O) groups is 2. The Morgan fingerprint density at radius 2 is 2.11 bits per heavy atom. The molecule has 0 aliphatic rings. The Bertz CT molecular complexity index is 530. The molecule has 0 aromatic heterocycles. The number of ether oxygens (including phenoxy) is 1. The number of rotatable bonds is 5. The number of esters is 1. The highest BCUT2D eigenvalue weighted by Crippen LogP contribution is 2.17. The van der Waals surface area contributed by atoms with Gasteiger partial charge in [0.05, 0.1) is 12.0 Å². The van der Waals surface area contributed by atoms with Gasteiger partial charge in [-0.15, -0.1) is 0 Å². The lowest BCUT2D eigenvalue weighted by Gasteiger charge is -2.03. The summed E-state index contributed by atoms with van der Waals surface area (Å²) in [7, 11) is 1.17. The lowest BCUT2D eigenvalue weighted by Crippen LogP contribution is -2.13. The maximum atomic E-state index is 11.6. The van der Waals surface area contributed by atoms with Crippen LogP contribution in [0.2, 0.25) is 0 Å². The summed E-state index contributed by atoms with van der Waals surface area (Å²) >= 11 is 0. The van der Waals surface area contributed by atoms with Gasteiger partial charge in [0.25, 0.3) is 5.69 Å². The van der Waals surface area contributed by atoms with E-state index in [0.29, 0.717) is 5.56 Å². The molecule has 0 N–H and O–H groups in total. The predicted molar refractivity (Wildman–Crippen MR) is 68.4 cm³/mol. The fourth-order valence-electron chi connectivity index (χ4n) is 1.45. The van der Waals surface area contributed by atoms with Crippen molar-refractivity contribution in [3.8, 4) is 0 Å². The summed E-state index contributed by atoms with van der Waals surface area (Å²) in [6.07, 6.45) is 1.44. The SMILES string of the molecule is CCC(=O)/C(=C\c1cccc([N+](=O)[O-])c1)C(=O)OC. The van der Waals surface area contributed by atoms with E-state index in [0.717, 1.165) is 0 Å². The van der Waals surface area contributed by atoms with Crippen molar-refractivity contribution in [3.05, 3.63) is 45.5 Å². The molecule has 100 valence electrons. The van der Waals surface area contributed by atoms with E-state index in [1.165, 1.54) is 31.4 Å². The third kappa shape index (κ3) is 3.74. The van der Waals surface area contributed by atoms with Gasteiger partial charge in [-0.1, -0.05) is 19.1 Å². The van der Waals surface area contributed by atoms with Gasteiger partial charge in [0.15, 0.2) is 5.78 Å². The van der Waals surface area contributed by atoms with E-state index in [1.54, 1.807) is 13.0 Å². The van der Waals surface area contributed by atoms with Gasteiger partial charge in [0.1, 0.15) is 5.57 Å². The van der Waals surface area contributed by atoms with Crippen LogP contribution in [0.25, 0.3) is 6.08 Å². The molecule has 0 saturated carbocycles. The molecule has 0 aliphatic carbocycles. The van der Waals surface area contributed by atoms with Crippen LogP contribution < -0.4 is 0 Å². The summed E-state index contributed by atoms with van der Waals surface area (Å²) in [5.41, 5.74) is 0.170. The largest absolute Gasteiger partial charge is 0.465 e. The van der Waals surface area contributed by atoms with E-state index in [1.807, 2.05) is 0 Å². The minimum atomic E-state index is -0.752. The van der Waals surface area contributed by atoms with Gasteiger partial charge in [-0.05, 0) is 11.6 Å². The summed E-state index contributed by atoms with van der Waals surface area (Å²) < 4.78 is 4.52. The molecule has 0 fully saturated rings. The number of nitro benzene ring substituents is 1. The van der Waals surface area contributed by atoms with Gasteiger partial charge in [0.2, 0.25) is 0 Å². The first-order valence-electron chi connectivity index (χ1n) is 5.57. The second kappa shape index (κ2) is 6.44. The smallest absolute Gasteiger partial charge is 0.341 e. The van der Waals surface area contributed by atoms with Crippen LogP contribution in [0.15, 0.2) is 29.8 Å². The third-order valence-corrected chi connectivity index (χ3v) is 2.42. The summed E-state index contributed by atoms with van der Waals surface area (Å²) in [6.45, 7) is 1.62. The number of ketones is 1. The lowest BCUT2D eigenvalue weighted by atomic mass is 10.1. The Morgan fingerprint density at radius 1 is 1.42 bits per heavy atom. The van der Waals surface area contributed by atoms with E-state index in [2.05, 4.69) is 4.74 Å². The van der Waals surface area contributed by atoms with Crippen LogP contribution in [-0.2, 0) is 14.3 Å². The molecule has 0 unspecified atom stereocenters. The van der Waals surface area contributed by atoms with Crippen molar-refractivity contribution in [2.45, 2.75) is 13.3 Å². The molecule has 0 amide bonds. The second-order valence-corrected chi connectivity index (χ2v) is 3.68. The van der Waals surface area contributed by atoms with Crippen molar-refractivity contribution >= 4 is 23.5 Å². The van der Waals surface area contributed by atoms with Crippen molar-refractivity contribution in [3.63, 3.8) is 0 Å². The zero-order chi connectivity index (χ0) is 14.4. The molecule has 0 radical (unpaired) electrons. The zero-order valence-corrected chi connectivity index (χ0v) is 10.6. The van der Waals surface area contributed by atoms with E-state index < -0.39 is 10.9 Å². The van der Waals surface area contributed by atoms with Crippen LogP contribution in [0.4, 0.5) is 5.69 Å². The summed E-state index contributed by atoms with van der Waals surface area (Å²) in [5.74, 6) is -1.13. The molecule has 6 heteroatoms. The molecule has 0 heterocycles. The highest BCUT2D eigenvalue weighted by atomic mass is 16.6. The maximum absolute atomic E-state index is 11.6. The van der Waals surface area contributed by atoms with E-state index >= 15 is 0 Å².